The molecule has 1 amide bonds. The van der Waals surface area contributed by atoms with Crippen LogP contribution in [0.5, 0.6) is 5.75 Å². The zero-order valence-electron chi connectivity index (χ0n) is 18.4. The lowest BCUT2D eigenvalue weighted by atomic mass is 9.88. The van der Waals surface area contributed by atoms with Crippen LogP contribution in [0.2, 0.25) is 0 Å². The van der Waals surface area contributed by atoms with Crippen molar-refractivity contribution < 1.29 is 19.1 Å². The molecule has 1 unspecified atom stereocenters. The van der Waals surface area contributed by atoms with Crippen molar-refractivity contribution in [2.75, 3.05) is 33.4 Å². The number of esters is 1. The van der Waals surface area contributed by atoms with E-state index in [0.29, 0.717) is 37.6 Å². The number of nitrogens with zero attached hydrogens (tertiary/aromatic N) is 1. The van der Waals surface area contributed by atoms with Crippen LogP contribution in [0, 0.1) is 5.41 Å². The molecule has 2 aromatic rings. The molecule has 162 valence electrons. The van der Waals surface area contributed by atoms with Crippen molar-refractivity contribution in [3.8, 4) is 5.75 Å². The Morgan fingerprint density at radius 3 is 2.70 bits per heavy atom. The Morgan fingerprint density at radius 1 is 1.20 bits per heavy atom. The number of nitrogens with one attached hydrogen (secondary N) is 1. The molecule has 1 atom stereocenters. The molecule has 1 aliphatic heterocycles. The maximum atomic E-state index is 12.6. The number of carbonyl (C=O) groups is 2. The summed E-state index contributed by atoms with van der Waals surface area (Å²) < 4.78 is 10.7. The Labute approximate surface area is 178 Å². The first kappa shape index (κ1) is 22.1. The number of amides is 1. The lowest BCUT2D eigenvalue weighted by Gasteiger charge is -2.24. The minimum atomic E-state index is -0.368. The van der Waals surface area contributed by atoms with Gasteiger partial charge in [-0.25, -0.2) is 4.79 Å². The molecule has 3 rings (SSSR count). The van der Waals surface area contributed by atoms with Gasteiger partial charge in [-0.2, -0.15) is 0 Å². The molecule has 1 fully saturated rings. The third-order valence-electron chi connectivity index (χ3n) is 5.81. The second-order valence-electron chi connectivity index (χ2n) is 8.19. The van der Waals surface area contributed by atoms with Crippen LogP contribution in [0.1, 0.15) is 49.5 Å². The van der Waals surface area contributed by atoms with Crippen molar-refractivity contribution in [2.24, 2.45) is 5.41 Å². The Morgan fingerprint density at radius 2 is 2.00 bits per heavy atom. The Hall–Kier alpha value is -2.60. The monoisotopic (exact) mass is 412 g/mol. The highest BCUT2D eigenvalue weighted by molar-refractivity contribution is 5.99. The van der Waals surface area contributed by atoms with Gasteiger partial charge in [0.05, 0.1) is 24.7 Å². The molecule has 30 heavy (non-hydrogen) atoms. The molecule has 0 spiro atoms. The lowest BCUT2D eigenvalue weighted by molar-refractivity contribution is -0.129. The van der Waals surface area contributed by atoms with Crippen LogP contribution < -0.4 is 10.1 Å². The second-order valence-corrected chi connectivity index (χ2v) is 8.19. The van der Waals surface area contributed by atoms with Crippen LogP contribution in [0.4, 0.5) is 0 Å². The Bertz CT molecular complexity index is 927. The number of carbonyl (C=O) groups excluding carboxylic acids is 2. The first-order valence-corrected chi connectivity index (χ1v) is 10.7. The summed E-state index contributed by atoms with van der Waals surface area (Å²) in [5.41, 5.74) is 1.22. The van der Waals surface area contributed by atoms with E-state index in [1.807, 2.05) is 25.1 Å². The average Bonchev–Trinajstić information content (AvgIpc) is 3.13. The fourth-order valence-electron chi connectivity index (χ4n) is 4.12. The molecule has 0 radical (unpaired) electrons. The third-order valence-corrected chi connectivity index (χ3v) is 5.81. The van der Waals surface area contributed by atoms with Gasteiger partial charge in [0.1, 0.15) is 5.75 Å². The predicted octanol–water partition coefficient (Wildman–Crippen LogP) is 3.76. The van der Waals surface area contributed by atoms with Crippen LogP contribution in [-0.4, -0.2) is 50.1 Å². The SMILES string of the molecule is CCCNC(=O)C1(C)CCN(Cc2cccc3c(OC)cc(C(=O)OCC)cc23)C1. The molecule has 0 bridgehead atoms. The van der Waals surface area contributed by atoms with Gasteiger partial charge in [0, 0.05) is 25.0 Å². The molecular weight excluding hydrogens is 380 g/mol. The summed E-state index contributed by atoms with van der Waals surface area (Å²) in [6.45, 7) is 9.23. The zero-order chi connectivity index (χ0) is 21.7. The van der Waals surface area contributed by atoms with Crippen molar-refractivity contribution >= 4 is 22.6 Å². The van der Waals surface area contributed by atoms with Gasteiger partial charge in [0.25, 0.3) is 0 Å². The number of likely N-dealkylation sites (tertiary alicyclic amines) is 1. The maximum Gasteiger partial charge on any atom is 0.338 e. The minimum Gasteiger partial charge on any atom is -0.496 e. The van der Waals surface area contributed by atoms with E-state index in [1.165, 1.54) is 0 Å². The van der Waals surface area contributed by atoms with Crippen LogP contribution in [0.25, 0.3) is 10.8 Å². The van der Waals surface area contributed by atoms with E-state index in [9.17, 15) is 9.59 Å². The minimum absolute atomic E-state index is 0.135. The quantitative estimate of drug-likeness (QED) is 0.669. The van der Waals surface area contributed by atoms with Gasteiger partial charge < -0.3 is 14.8 Å². The summed E-state index contributed by atoms with van der Waals surface area (Å²) in [6, 6.07) is 9.69. The fraction of sp³-hybridized carbons (Fsp3) is 0.500. The van der Waals surface area contributed by atoms with E-state index in [1.54, 1.807) is 20.1 Å². The summed E-state index contributed by atoms with van der Waals surface area (Å²) in [5, 5.41) is 4.98. The lowest BCUT2D eigenvalue weighted by Crippen LogP contribution is -2.41. The fourth-order valence-corrected chi connectivity index (χ4v) is 4.12. The summed E-state index contributed by atoms with van der Waals surface area (Å²) in [4.78, 5) is 27.2. The van der Waals surface area contributed by atoms with E-state index >= 15 is 0 Å². The summed E-state index contributed by atoms with van der Waals surface area (Å²) in [7, 11) is 1.61. The number of hydrogen-bond acceptors (Lipinski definition) is 5. The van der Waals surface area contributed by atoms with Gasteiger partial charge in [0.2, 0.25) is 5.91 Å². The van der Waals surface area contributed by atoms with E-state index in [-0.39, 0.29) is 17.3 Å². The molecule has 0 aliphatic carbocycles. The van der Waals surface area contributed by atoms with E-state index in [4.69, 9.17) is 9.47 Å². The standard InChI is InChI=1S/C24H32N2O4/c1-5-11-25-23(28)24(3)10-12-26(16-24)15-17-8-7-9-19-20(17)13-18(14-21(19)29-4)22(27)30-6-2/h7-9,13-14H,5-6,10-12,15-16H2,1-4H3,(H,25,28). The molecular formula is C24H32N2O4. The van der Waals surface area contributed by atoms with Gasteiger partial charge in [-0.1, -0.05) is 25.1 Å². The first-order valence-electron chi connectivity index (χ1n) is 10.7. The maximum absolute atomic E-state index is 12.6. The van der Waals surface area contributed by atoms with Crippen molar-refractivity contribution in [1.29, 1.82) is 0 Å². The van der Waals surface area contributed by atoms with Gasteiger partial charge in [0.15, 0.2) is 0 Å². The molecule has 1 saturated heterocycles. The number of benzene rings is 2. The summed E-state index contributed by atoms with van der Waals surface area (Å²) in [5.74, 6) is 0.437. The Kier molecular flexibility index (Phi) is 6.98. The van der Waals surface area contributed by atoms with Crippen molar-refractivity contribution in [2.45, 2.75) is 40.2 Å². The van der Waals surface area contributed by atoms with Crippen LogP contribution >= 0.6 is 0 Å². The molecule has 6 nitrogen and oxygen atoms in total. The number of fused-ring (bicyclic) bond motifs is 1. The summed E-state index contributed by atoms with van der Waals surface area (Å²) in [6.07, 6.45) is 1.77. The van der Waals surface area contributed by atoms with Crippen LogP contribution in [0.15, 0.2) is 30.3 Å². The Balaban J connectivity index is 1.87. The van der Waals surface area contributed by atoms with Gasteiger partial charge in [-0.15, -0.1) is 0 Å². The second kappa shape index (κ2) is 9.47. The number of hydrogen-bond donors (Lipinski definition) is 1. The van der Waals surface area contributed by atoms with E-state index in [0.717, 1.165) is 35.7 Å². The van der Waals surface area contributed by atoms with Crippen LogP contribution in [-0.2, 0) is 16.1 Å². The van der Waals surface area contributed by atoms with Crippen LogP contribution in [0.3, 0.4) is 0 Å². The van der Waals surface area contributed by atoms with Crippen molar-refractivity contribution in [3.63, 3.8) is 0 Å². The van der Waals surface area contributed by atoms with Crippen molar-refractivity contribution in [3.05, 3.63) is 41.5 Å². The molecule has 1 heterocycles. The van der Waals surface area contributed by atoms with E-state index < -0.39 is 0 Å². The highest BCUT2D eigenvalue weighted by atomic mass is 16.5. The normalized spacial score (nSPS) is 19.1. The molecule has 1 aliphatic rings. The highest BCUT2D eigenvalue weighted by Crippen LogP contribution is 2.34. The summed E-state index contributed by atoms with van der Waals surface area (Å²) >= 11 is 0. The first-order chi connectivity index (χ1) is 14.4. The average molecular weight is 413 g/mol. The molecule has 2 aromatic carbocycles. The molecule has 6 heteroatoms. The topological polar surface area (TPSA) is 67.9 Å². The van der Waals surface area contributed by atoms with Gasteiger partial charge in [-0.05, 0) is 56.3 Å². The number of ether oxygens (including phenoxy) is 2. The van der Waals surface area contributed by atoms with Gasteiger partial charge in [-0.3, -0.25) is 9.69 Å². The molecule has 0 aromatic heterocycles. The zero-order valence-corrected chi connectivity index (χ0v) is 18.4. The van der Waals surface area contributed by atoms with Crippen molar-refractivity contribution in [1.82, 2.24) is 10.2 Å². The molecule has 1 N–H and O–H groups in total. The number of rotatable bonds is 8. The van der Waals surface area contributed by atoms with E-state index in [2.05, 4.69) is 23.2 Å². The smallest absolute Gasteiger partial charge is 0.338 e. The highest BCUT2D eigenvalue weighted by Gasteiger charge is 2.40. The predicted molar refractivity (Wildman–Crippen MR) is 118 cm³/mol. The third kappa shape index (κ3) is 4.59. The van der Waals surface area contributed by atoms with Gasteiger partial charge >= 0.3 is 5.97 Å². The largest absolute Gasteiger partial charge is 0.496 e. The molecule has 0 saturated carbocycles. The number of methoxy groups -OCH3 is 1.